The third-order valence-electron chi connectivity index (χ3n) is 0.942. The van der Waals surface area contributed by atoms with Gasteiger partial charge in [0, 0.05) is 6.20 Å². The normalized spacial score (nSPS) is 8.22. The highest BCUT2D eigenvalue weighted by molar-refractivity contribution is 6.31. The molecule has 1 nitrogen and oxygen atoms in total. The second-order valence-corrected chi connectivity index (χ2v) is 1.98. The van der Waals surface area contributed by atoms with Crippen molar-refractivity contribution in [2.24, 2.45) is 0 Å². The van der Waals surface area contributed by atoms with Crippen LogP contribution >= 0.6 is 11.6 Å². The summed E-state index contributed by atoms with van der Waals surface area (Å²) in [7, 11) is 0. The Balaban J connectivity index is 0.000000640. The summed E-state index contributed by atoms with van der Waals surface area (Å²) in [5.41, 5.74) is 0.883. The van der Waals surface area contributed by atoms with E-state index in [4.69, 9.17) is 11.6 Å². The van der Waals surface area contributed by atoms with Gasteiger partial charge in [0.05, 0.1) is 10.7 Å². The summed E-state index contributed by atoms with van der Waals surface area (Å²) in [5.74, 6) is 0. The number of rotatable bonds is 0. The molecule has 0 aliphatic rings. The van der Waals surface area contributed by atoms with Gasteiger partial charge in [0.25, 0.3) is 0 Å². The van der Waals surface area contributed by atoms with Crippen molar-refractivity contribution in [3.8, 4) is 0 Å². The molecule has 0 aliphatic carbocycles. The average Bonchev–Trinajstić information content (AvgIpc) is 1.77. The maximum absolute atomic E-state index is 5.65. The molecule has 0 aliphatic heterocycles. The average molecular weight is 163 g/mol. The van der Waals surface area contributed by atoms with Gasteiger partial charge in [0.15, 0.2) is 0 Å². The number of hydrogen-bond donors (Lipinski definition) is 0. The molecule has 0 atom stereocenters. The van der Waals surface area contributed by atoms with Crippen molar-refractivity contribution in [1.82, 2.24) is 4.98 Å². The predicted molar refractivity (Wildman–Crippen MR) is 34.0 cm³/mol. The van der Waals surface area contributed by atoms with E-state index >= 15 is 0 Å². The lowest BCUT2D eigenvalue weighted by atomic mass is 10.4. The van der Waals surface area contributed by atoms with Crippen LogP contribution in [0.3, 0.4) is 0 Å². The zero-order valence-electron chi connectivity index (χ0n) is 4.94. The van der Waals surface area contributed by atoms with Gasteiger partial charge < -0.3 is 12.4 Å². The minimum absolute atomic E-state index is 0. The molecule has 0 amide bonds. The lowest BCUT2D eigenvalue weighted by Gasteiger charge is -1.90. The molecule has 0 unspecified atom stereocenters. The van der Waals surface area contributed by atoms with Crippen LogP contribution in [0.2, 0.25) is 5.02 Å². The van der Waals surface area contributed by atoms with Gasteiger partial charge in [-0.1, -0.05) is 11.6 Å². The molecule has 0 radical (unpaired) electrons. The van der Waals surface area contributed by atoms with E-state index in [0.29, 0.717) is 0 Å². The SMILES string of the molecule is Cc1ncccc1Cl.[Cl-]. The van der Waals surface area contributed by atoms with E-state index in [9.17, 15) is 0 Å². The Morgan fingerprint density at radius 3 is 2.56 bits per heavy atom. The van der Waals surface area contributed by atoms with Crippen LogP contribution in [0.15, 0.2) is 18.3 Å². The Hall–Kier alpha value is -0.270. The lowest BCUT2D eigenvalue weighted by molar-refractivity contribution is -0.00000170. The predicted octanol–water partition coefficient (Wildman–Crippen LogP) is -0.953. The summed E-state index contributed by atoms with van der Waals surface area (Å²) in [6, 6.07) is 3.64. The van der Waals surface area contributed by atoms with Crippen molar-refractivity contribution in [2.45, 2.75) is 6.92 Å². The van der Waals surface area contributed by atoms with Gasteiger partial charge in [-0.25, -0.2) is 0 Å². The summed E-state index contributed by atoms with van der Waals surface area (Å²) >= 11 is 5.65. The van der Waals surface area contributed by atoms with Crippen molar-refractivity contribution >= 4 is 11.6 Å². The Labute approximate surface area is 65.5 Å². The van der Waals surface area contributed by atoms with E-state index in [-0.39, 0.29) is 12.4 Å². The zero-order valence-corrected chi connectivity index (χ0v) is 6.45. The van der Waals surface area contributed by atoms with Crippen molar-refractivity contribution in [3.63, 3.8) is 0 Å². The van der Waals surface area contributed by atoms with E-state index in [1.807, 2.05) is 19.1 Å². The molecule has 3 heteroatoms. The van der Waals surface area contributed by atoms with Crippen molar-refractivity contribution in [3.05, 3.63) is 29.0 Å². The van der Waals surface area contributed by atoms with Gasteiger partial charge in [0.2, 0.25) is 0 Å². The molecule has 1 aromatic rings. The molecule has 0 aromatic carbocycles. The van der Waals surface area contributed by atoms with Gasteiger partial charge in [-0.3, -0.25) is 4.98 Å². The molecule has 0 bridgehead atoms. The molecular weight excluding hydrogens is 157 g/mol. The lowest BCUT2D eigenvalue weighted by Crippen LogP contribution is -3.00. The number of aromatic nitrogens is 1. The van der Waals surface area contributed by atoms with E-state index in [0.717, 1.165) is 10.7 Å². The third-order valence-corrected chi connectivity index (χ3v) is 1.34. The van der Waals surface area contributed by atoms with Gasteiger partial charge >= 0.3 is 0 Å². The fourth-order valence-electron chi connectivity index (χ4n) is 0.465. The summed E-state index contributed by atoms with van der Waals surface area (Å²) in [6.45, 7) is 1.88. The van der Waals surface area contributed by atoms with Gasteiger partial charge in [-0.2, -0.15) is 0 Å². The maximum atomic E-state index is 5.65. The summed E-state index contributed by atoms with van der Waals surface area (Å²) in [5, 5.41) is 0.729. The van der Waals surface area contributed by atoms with E-state index < -0.39 is 0 Å². The smallest absolute Gasteiger partial charge is 0.0618 e. The Morgan fingerprint density at radius 1 is 1.56 bits per heavy atom. The Morgan fingerprint density at radius 2 is 2.22 bits per heavy atom. The number of pyridine rings is 1. The minimum Gasteiger partial charge on any atom is -1.00 e. The second kappa shape index (κ2) is 3.70. The molecule has 9 heavy (non-hydrogen) atoms. The highest BCUT2D eigenvalue weighted by Crippen LogP contribution is 2.08. The van der Waals surface area contributed by atoms with Crippen LogP contribution in [0.1, 0.15) is 5.69 Å². The fraction of sp³-hybridized carbons (Fsp3) is 0.167. The standard InChI is InChI=1S/C6H6ClN.ClH/c1-5-6(7)3-2-4-8-5;/h2-4H,1H3;1H/p-1. The fourth-order valence-corrected chi connectivity index (χ4v) is 0.586. The van der Waals surface area contributed by atoms with Crippen LogP contribution in [0.25, 0.3) is 0 Å². The van der Waals surface area contributed by atoms with Crippen LogP contribution in [0.4, 0.5) is 0 Å². The Kier molecular flexibility index (Phi) is 3.59. The molecular formula is C6H6Cl2N-. The topological polar surface area (TPSA) is 12.9 Å². The van der Waals surface area contributed by atoms with Crippen LogP contribution in [0, 0.1) is 6.92 Å². The number of nitrogens with zero attached hydrogens (tertiary/aromatic N) is 1. The first-order valence-corrected chi connectivity index (χ1v) is 2.75. The molecule has 0 N–H and O–H groups in total. The van der Waals surface area contributed by atoms with Crippen LogP contribution < -0.4 is 12.4 Å². The number of aryl methyl sites for hydroxylation is 1. The molecule has 0 fully saturated rings. The second-order valence-electron chi connectivity index (χ2n) is 1.57. The quantitative estimate of drug-likeness (QED) is 0.480. The Bertz CT molecular complexity index is 167. The van der Waals surface area contributed by atoms with Gasteiger partial charge in [-0.15, -0.1) is 0 Å². The minimum atomic E-state index is 0. The van der Waals surface area contributed by atoms with Gasteiger partial charge in [0.1, 0.15) is 0 Å². The molecule has 0 saturated heterocycles. The highest BCUT2D eigenvalue weighted by Gasteiger charge is 1.88. The first kappa shape index (κ1) is 8.73. The maximum Gasteiger partial charge on any atom is 0.0618 e. The molecule has 1 aromatic heterocycles. The summed E-state index contributed by atoms with van der Waals surface area (Å²) in [6.07, 6.45) is 1.72. The summed E-state index contributed by atoms with van der Waals surface area (Å²) in [4.78, 5) is 3.95. The van der Waals surface area contributed by atoms with E-state index in [1.54, 1.807) is 6.20 Å². The molecule has 1 heterocycles. The number of hydrogen-bond acceptors (Lipinski definition) is 1. The molecule has 0 spiro atoms. The van der Waals surface area contributed by atoms with Crippen LogP contribution in [0.5, 0.6) is 0 Å². The zero-order chi connectivity index (χ0) is 5.98. The van der Waals surface area contributed by atoms with Gasteiger partial charge in [-0.05, 0) is 19.1 Å². The summed E-state index contributed by atoms with van der Waals surface area (Å²) < 4.78 is 0. The molecule has 50 valence electrons. The molecule has 0 saturated carbocycles. The van der Waals surface area contributed by atoms with Crippen molar-refractivity contribution in [1.29, 1.82) is 0 Å². The first-order chi connectivity index (χ1) is 3.80. The van der Waals surface area contributed by atoms with E-state index in [1.165, 1.54) is 0 Å². The van der Waals surface area contributed by atoms with E-state index in [2.05, 4.69) is 4.98 Å². The van der Waals surface area contributed by atoms with Crippen molar-refractivity contribution in [2.75, 3.05) is 0 Å². The van der Waals surface area contributed by atoms with Crippen LogP contribution in [-0.2, 0) is 0 Å². The number of halogens is 2. The van der Waals surface area contributed by atoms with Crippen molar-refractivity contribution < 1.29 is 12.4 Å². The monoisotopic (exact) mass is 162 g/mol. The highest BCUT2D eigenvalue weighted by atomic mass is 35.5. The van der Waals surface area contributed by atoms with Crippen LogP contribution in [-0.4, -0.2) is 4.98 Å². The third kappa shape index (κ3) is 2.20. The largest absolute Gasteiger partial charge is 1.00 e. The first-order valence-electron chi connectivity index (χ1n) is 2.38. The molecule has 1 rings (SSSR count).